The van der Waals surface area contributed by atoms with Crippen LogP contribution in [0.15, 0.2) is 36.4 Å². The summed E-state index contributed by atoms with van der Waals surface area (Å²) in [6.45, 7) is 3.05. The molecule has 0 radical (unpaired) electrons. The van der Waals surface area contributed by atoms with Gasteiger partial charge in [-0.2, -0.15) is 0 Å². The monoisotopic (exact) mass is 313 g/mol. The van der Waals surface area contributed by atoms with E-state index in [1.165, 1.54) is 0 Å². The predicted molar refractivity (Wildman–Crippen MR) is 86.1 cm³/mol. The molecule has 4 rings (SSSR count). The molecule has 1 N–H and O–H groups in total. The summed E-state index contributed by atoms with van der Waals surface area (Å²) in [5.74, 6) is -0.517. The van der Waals surface area contributed by atoms with Gasteiger partial charge in [0.05, 0.1) is 12.7 Å². The van der Waals surface area contributed by atoms with Crippen molar-refractivity contribution >= 4 is 16.7 Å². The van der Waals surface area contributed by atoms with Crippen LogP contribution in [-0.2, 0) is 4.74 Å². The Kier molecular flexibility index (Phi) is 3.67. The second-order valence-corrected chi connectivity index (χ2v) is 6.19. The zero-order valence-corrected chi connectivity index (χ0v) is 12.8. The van der Waals surface area contributed by atoms with E-state index in [4.69, 9.17) is 9.47 Å². The third-order valence-electron chi connectivity index (χ3n) is 4.73. The molecule has 0 aliphatic carbocycles. The van der Waals surface area contributed by atoms with Crippen molar-refractivity contribution in [2.24, 2.45) is 0 Å². The number of carboxylic acid groups (broad SMARTS) is 1. The minimum atomic E-state index is -0.959. The molecule has 2 aromatic carbocycles. The van der Waals surface area contributed by atoms with Gasteiger partial charge in [0.25, 0.3) is 0 Å². The predicted octanol–water partition coefficient (Wildman–Crippen LogP) is 2.39. The van der Waals surface area contributed by atoms with Crippen molar-refractivity contribution in [3.8, 4) is 5.75 Å². The maximum atomic E-state index is 11.5. The van der Waals surface area contributed by atoms with Crippen LogP contribution in [0.1, 0.15) is 16.8 Å². The number of aromatic carboxylic acids is 1. The van der Waals surface area contributed by atoms with Crippen molar-refractivity contribution in [2.75, 3.05) is 26.3 Å². The van der Waals surface area contributed by atoms with E-state index in [2.05, 4.69) is 4.90 Å². The lowest BCUT2D eigenvalue weighted by Crippen LogP contribution is -2.39. The molecule has 2 unspecified atom stereocenters. The number of carboxylic acids is 1. The lowest BCUT2D eigenvalue weighted by atomic mass is 10.1. The van der Waals surface area contributed by atoms with Gasteiger partial charge < -0.3 is 14.6 Å². The summed E-state index contributed by atoms with van der Waals surface area (Å²) in [6.07, 6.45) is 1.48. The number of likely N-dealkylation sites (tertiary alicyclic amines) is 1. The lowest BCUT2D eigenvalue weighted by molar-refractivity contribution is 0.0257. The van der Waals surface area contributed by atoms with E-state index in [-0.39, 0.29) is 5.56 Å². The molecule has 120 valence electrons. The van der Waals surface area contributed by atoms with Crippen molar-refractivity contribution in [1.82, 2.24) is 4.90 Å². The average Bonchev–Trinajstić information content (AvgIpc) is 3.17. The topological polar surface area (TPSA) is 59.0 Å². The van der Waals surface area contributed by atoms with E-state index in [0.717, 1.165) is 36.9 Å². The summed E-state index contributed by atoms with van der Waals surface area (Å²) in [7, 11) is 0. The normalized spacial score (nSPS) is 23.5. The molecule has 0 aromatic heterocycles. The first-order valence-corrected chi connectivity index (χ1v) is 7.95. The molecule has 0 spiro atoms. The van der Waals surface area contributed by atoms with E-state index < -0.39 is 5.97 Å². The first-order chi connectivity index (χ1) is 11.2. The molecule has 2 aliphatic rings. The van der Waals surface area contributed by atoms with Crippen molar-refractivity contribution in [3.05, 3.63) is 42.0 Å². The van der Waals surface area contributed by atoms with Gasteiger partial charge in [-0.15, -0.1) is 0 Å². The van der Waals surface area contributed by atoms with Crippen molar-refractivity contribution in [3.63, 3.8) is 0 Å². The molecule has 2 aromatic rings. The zero-order valence-electron chi connectivity index (χ0n) is 12.8. The number of rotatable bonds is 5. The Morgan fingerprint density at radius 1 is 1.30 bits per heavy atom. The van der Waals surface area contributed by atoms with Crippen LogP contribution in [0.5, 0.6) is 5.75 Å². The lowest BCUT2D eigenvalue weighted by Gasteiger charge is -2.26. The largest absolute Gasteiger partial charge is 0.491 e. The summed E-state index contributed by atoms with van der Waals surface area (Å²) in [5, 5.41) is 11.3. The summed E-state index contributed by atoms with van der Waals surface area (Å²) in [5.41, 5.74) is 0.218. The molecule has 0 saturated carbocycles. The standard InChI is InChI=1S/C18H19NO4/c20-18(21)16-7-12-3-1-2-4-13(12)8-17(16)22-6-5-19-10-15-9-14(19)11-23-15/h1-4,7-8,14-15H,5-6,9-11H2,(H,20,21). The number of carbonyl (C=O) groups is 1. The first-order valence-electron chi connectivity index (χ1n) is 7.95. The van der Waals surface area contributed by atoms with Gasteiger partial charge in [0, 0.05) is 19.1 Å². The third kappa shape index (κ3) is 2.78. The fraction of sp³-hybridized carbons (Fsp3) is 0.389. The highest BCUT2D eigenvalue weighted by atomic mass is 16.5. The second-order valence-electron chi connectivity index (χ2n) is 6.19. The smallest absolute Gasteiger partial charge is 0.339 e. The van der Waals surface area contributed by atoms with Gasteiger partial charge in [-0.3, -0.25) is 4.90 Å². The Balaban J connectivity index is 1.49. The highest BCUT2D eigenvalue weighted by Crippen LogP contribution is 2.28. The number of morpholine rings is 1. The van der Waals surface area contributed by atoms with E-state index in [0.29, 0.717) is 24.5 Å². The van der Waals surface area contributed by atoms with Gasteiger partial charge in [0.15, 0.2) is 0 Å². The third-order valence-corrected chi connectivity index (χ3v) is 4.73. The van der Waals surface area contributed by atoms with Crippen LogP contribution >= 0.6 is 0 Å². The molecule has 0 amide bonds. The Bertz CT molecular complexity index is 745. The number of ether oxygens (including phenoxy) is 2. The highest BCUT2D eigenvalue weighted by Gasteiger charge is 2.38. The molecule has 5 heteroatoms. The molecule has 2 heterocycles. The van der Waals surface area contributed by atoms with Crippen LogP contribution in [0.3, 0.4) is 0 Å². The summed E-state index contributed by atoms with van der Waals surface area (Å²) in [4.78, 5) is 13.9. The minimum Gasteiger partial charge on any atom is -0.491 e. The average molecular weight is 313 g/mol. The molecule has 2 bridgehead atoms. The number of hydrogen-bond donors (Lipinski definition) is 1. The fourth-order valence-electron chi connectivity index (χ4n) is 3.53. The summed E-state index contributed by atoms with van der Waals surface area (Å²) >= 11 is 0. The second kappa shape index (κ2) is 5.83. The number of nitrogens with zero attached hydrogens (tertiary/aromatic N) is 1. The van der Waals surface area contributed by atoms with E-state index in [1.807, 2.05) is 30.3 Å². The van der Waals surface area contributed by atoms with Gasteiger partial charge in [-0.1, -0.05) is 24.3 Å². The van der Waals surface area contributed by atoms with Crippen LogP contribution in [0, 0.1) is 0 Å². The number of fused-ring (bicyclic) bond motifs is 3. The van der Waals surface area contributed by atoms with E-state index in [1.54, 1.807) is 6.07 Å². The van der Waals surface area contributed by atoms with Crippen LogP contribution < -0.4 is 4.74 Å². The van der Waals surface area contributed by atoms with Crippen LogP contribution in [-0.4, -0.2) is 54.4 Å². The molecule has 2 fully saturated rings. The quantitative estimate of drug-likeness (QED) is 0.918. The zero-order chi connectivity index (χ0) is 15.8. The summed E-state index contributed by atoms with van der Waals surface area (Å²) < 4.78 is 11.4. The van der Waals surface area contributed by atoms with Crippen molar-refractivity contribution in [1.29, 1.82) is 0 Å². The Hall–Kier alpha value is -2.11. The van der Waals surface area contributed by atoms with Gasteiger partial charge >= 0.3 is 5.97 Å². The molecule has 5 nitrogen and oxygen atoms in total. The fourth-order valence-corrected chi connectivity index (χ4v) is 3.53. The van der Waals surface area contributed by atoms with Crippen LogP contribution in [0.2, 0.25) is 0 Å². The maximum Gasteiger partial charge on any atom is 0.339 e. The van der Waals surface area contributed by atoms with Crippen molar-refractivity contribution < 1.29 is 19.4 Å². The molecular formula is C18H19NO4. The molecule has 23 heavy (non-hydrogen) atoms. The van der Waals surface area contributed by atoms with Crippen LogP contribution in [0.25, 0.3) is 10.8 Å². The number of hydrogen-bond acceptors (Lipinski definition) is 4. The van der Waals surface area contributed by atoms with E-state index in [9.17, 15) is 9.90 Å². The molecular weight excluding hydrogens is 294 g/mol. The maximum absolute atomic E-state index is 11.5. The Morgan fingerprint density at radius 3 is 2.74 bits per heavy atom. The minimum absolute atomic E-state index is 0.218. The van der Waals surface area contributed by atoms with Gasteiger partial charge in [-0.25, -0.2) is 4.79 Å². The van der Waals surface area contributed by atoms with E-state index >= 15 is 0 Å². The first kappa shape index (κ1) is 14.5. The molecule has 2 aliphatic heterocycles. The summed E-state index contributed by atoms with van der Waals surface area (Å²) in [6, 6.07) is 11.7. The molecule has 2 saturated heterocycles. The highest BCUT2D eigenvalue weighted by molar-refractivity contribution is 5.97. The number of benzene rings is 2. The van der Waals surface area contributed by atoms with Gasteiger partial charge in [-0.05, 0) is 29.3 Å². The SMILES string of the molecule is O=C(O)c1cc2ccccc2cc1OCCN1CC2CC1CO2. The van der Waals surface area contributed by atoms with Gasteiger partial charge in [0.2, 0.25) is 0 Å². The Labute approximate surface area is 134 Å². The van der Waals surface area contributed by atoms with Gasteiger partial charge in [0.1, 0.15) is 17.9 Å². The Morgan fingerprint density at radius 2 is 2.09 bits per heavy atom. The van der Waals surface area contributed by atoms with Crippen LogP contribution in [0.4, 0.5) is 0 Å². The van der Waals surface area contributed by atoms with Crippen molar-refractivity contribution in [2.45, 2.75) is 18.6 Å². The molecule has 2 atom stereocenters.